The molecule has 1 aliphatic heterocycles. The number of ether oxygens (including phenoxy) is 1. The van der Waals surface area contributed by atoms with Gasteiger partial charge in [0, 0.05) is 11.1 Å². The molecule has 1 fully saturated rings. The van der Waals surface area contributed by atoms with E-state index in [9.17, 15) is 24.3 Å². The highest BCUT2D eigenvalue weighted by Crippen LogP contribution is 2.43. The van der Waals surface area contributed by atoms with Crippen LogP contribution in [0.3, 0.4) is 0 Å². The Labute approximate surface area is 229 Å². The number of aryl methyl sites for hydroxylation is 2. The molecule has 1 atom stereocenters. The van der Waals surface area contributed by atoms with E-state index in [0.717, 1.165) is 56.1 Å². The third-order valence-corrected chi connectivity index (χ3v) is 8.05. The number of aliphatic carboxylic acids is 1. The molecule has 8 nitrogen and oxygen atoms in total. The molecule has 8 heteroatoms. The van der Waals surface area contributed by atoms with Crippen LogP contribution in [0.4, 0.5) is 5.69 Å². The molecule has 2 aromatic rings. The predicted molar refractivity (Wildman–Crippen MR) is 148 cm³/mol. The molecule has 1 saturated carbocycles. The summed E-state index contributed by atoms with van der Waals surface area (Å²) in [7, 11) is 0. The fourth-order valence-electron chi connectivity index (χ4n) is 6.03. The van der Waals surface area contributed by atoms with E-state index in [2.05, 4.69) is 5.32 Å². The molecule has 1 heterocycles. The number of esters is 1. The van der Waals surface area contributed by atoms with Crippen molar-refractivity contribution in [2.75, 3.05) is 18.1 Å². The Morgan fingerprint density at radius 2 is 1.77 bits per heavy atom. The van der Waals surface area contributed by atoms with Gasteiger partial charge in [0.05, 0.1) is 12.2 Å². The highest BCUT2D eigenvalue weighted by Gasteiger charge is 2.43. The Bertz CT molecular complexity index is 1200. The number of benzene rings is 2. The van der Waals surface area contributed by atoms with Crippen LogP contribution in [0.25, 0.3) is 0 Å². The molecule has 0 radical (unpaired) electrons. The van der Waals surface area contributed by atoms with E-state index in [4.69, 9.17) is 4.74 Å². The fourth-order valence-corrected chi connectivity index (χ4v) is 6.03. The van der Waals surface area contributed by atoms with Crippen LogP contribution in [-0.4, -0.2) is 48.1 Å². The molecule has 2 amide bonds. The summed E-state index contributed by atoms with van der Waals surface area (Å²) < 4.78 is 5.19. The summed E-state index contributed by atoms with van der Waals surface area (Å²) in [6, 6.07) is 14.0. The highest BCUT2D eigenvalue weighted by atomic mass is 16.5. The minimum atomic E-state index is -1.10. The Kier molecular flexibility index (Phi) is 9.38. The first-order valence-electron chi connectivity index (χ1n) is 14.0. The molecule has 4 rings (SSSR count). The van der Waals surface area contributed by atoms with Gasteiger partial charge in [0.1, 0.15) is 12.6 Å². The number of carboxylic acid groups (broad SMARTS) is 1. The van der Waals surface area contributed by atoms with Crippen LogP contribution < -0.4 is 10.2 Å². The van der Waals surface area contributed by atoms with Crippen LogP contribution in [0.2, 0.25) is 0 Å². The van der Waals surface area contributed by atoms with Gasteiger partial charge >= 0.3 is 11.9 Å². The second kappa shape index (κ2) is 12.9. The number of nitrogens with one attached hydrogen (secondary N) is 1. The van der Waals surface area contributed by atoms with E-state index in [0.29, 0.717) is 37.1 Å². The number of fused-ring (bicyclic) bond motifs is 1. The molecule has 0 bridgehead atoms. The lowest BCUT2D eigenvalue weighted by atomic mass is 9.79. The van der Waals surface area contributed by atoms with E-state index in [1.54, 1.807) is 25.1 Å². The quantitative estimate of drug-likeness (QED) is 0.320. The summed E-state index contributed by atoms with van der Waals surface area (Å²) in [5.41, 5.74) is 2.51. The van der Waals surface area contributed by atoms with Gasteiger partial charge in [-0.15, -0.1) is 0 Å². The molecule has 2 aliphatic rings. The molecule has 39 heavy (non-hydrogen) atoms. The summed E-state index contributed by atoms with van der Waals surface area (Å²) in [5, 5.41) is 12.5. The molecule has 1 aliphatic carbocycles. The van der Waals surface area contributed by atoms with Gasteiger partial charge in [0.25, 0.3) is 0 Å². The third kappa shape index (κ3) is 6.67. The zero-order chi connectivity index (χ0) is 27.8. The van der Waals surface area contributed by atoms with Crippen molar-refractivity contribution in [2.45, 2.75) is 77.2 Å². The number of amides is 2. The van der Waals surface area contributed by atoms with E-state index < -0.39 is 24.0 Å². The maximum Gasteiger partial charge on any atom is 0.338 e. The lowest BCUT2D eigenvalue weighted by Gasteiger charge is -2.31. The van der Waals surface area contributed by atoms with Crippen molar-refractivity contribution in [1.29, 1.82) is 0 Å². The molecular weight excluding hydrogens is 496 g/mol. The van der Waals surface area contributed by atoms with Crippen molar-refractivity contribution >= 4 is 29.4 Å². The van der Waals surface area contributed by atoms with Gasteiger partial charge in [-0.05, 0) is 75.1 Å². The first-order chi connectivity index (χ1) is 18.8. The number of unbranched alkanes of at least 4 members (excludes halogenated alkanes) is 1. The minimum Gasteiger partial charge on any atom is -0.480 e. The highest BCUT2D eigenvalue weighted by molar-refractivity contribution is 6.03. The molecule has 0 unspecified atom stereocenters. The maximum atomic E-state index is 13.7. The summed E-state index contributed by atoms with van der Waals surface area (Å²) in [5.74, 6) is -1.89. The van der Waals surface area contributed by atoms with E-state index in [1.165, 1.54) is 4.90 Å². The summed E-state index contributed by atoms with van der Waals surface area (Å²) in [6.07, 6.45) is 7.57. The molecule has 0 saturated heterocycles. The van der Waals surface area contributed by atoms with Gasteiger partial charge in [-0.1, -0.05) is 55.7 Å². The topological polar surface area (TPSA) is 113 Å². The third-order valence-electron chi connectivity index (χ3n) is 8.05. The normalized spacial score (nSPS) is 18.2. The number of anilines is 1. The van der Waals surface area contributed by atoms with E-state index in [-0.39, 0.29) is 17.8 Å². The SMILES string of the molecule is CCOC(=O)c1ccccc1CCCCC1(C(=O)N[C@H]2CCc3ccccc3N(CC(=O)O)C2=O)CCCC1. The molecule has 2 N–H and O–H groups in total. The standard InChI is InChI=1S/C31H38N2O6/c1-2-39-29(37)24-14-5-3-11-22(24)12-7-8-18-31(19-9-10-20-31)30(38)32-25-17-16-23-13-4-6-15-26(23)33(28(25)36)21-27(34)35/h3-6,11,13-15,25H,2,7-10,12,16-21H2,1H3,(H,32,38)(H,34,35)/t25-/m0/s1. The number of carboxylic acids is 1. The number of rotatable bonds is 11. The summed E-state index contributed by atoms with van der Waals surface area (Å²) in [4.78, 5) is 52.3. The monoisotopic (exact) mass is 534 g/mol. The van der Waals surface area contributed by atoms with Gasteiger partial charge in [-0.2, -0.15) is 0 Å². The zero-order valence-electron chi connectivity index (χ0n) is 22.6. The largest absolute Gasteiger partial charge is 0.480 e. The van der Waals surface area contributed by atoms with E-state index >= 15 is 0 Å². The molecule has 0 aromatic heterocycles. The van der Waals surface area contributed by atoms with Crippen molar-refractivity contribution in [3.63, 3.8) is 0 Å². The lowest BCUT2D eigenvalue weighted by molar-refractivity contribution is -0.137. The first kappa shape index (κ1) is 28.3. The molecule has 0 spiro atoms. The second-order valence-electron chi connectivity index (χ2n) is 10.6. The molecule has 2 aromatic carbocycles. The van der Waals surface area contributed by atoms with Crippen molar-refractivity contribution in [3.8, 4) is 0 Å². The van der Waals surface area contributed by atoms with Crippen LogP contribution in [0, 0.1) is 5.41 Å². The van der Waals surface area contributed by atoms with Crippen molar-refractivity contribution in [2.24, 2.45) is 5.41 Å². The summed E-state index contributed by atoms with van der Waals surface area (Å²) >= 11 is 0. The predicted octanol–water partition coefficient (Wildman–Crippen LogP) is 4.69. The second-order valence-corrected chi connectivity index (χ2v) is 10.6. The Morgan fingerprint density at radius 3 is 2.51 bits per heavy atom. The molecular formula is C31H38N2O6. The van der Waals surface area contributed by atoms with Gasteiger partial charge in [0.15, 0.2) is 0 Å². The Balaban J connectivity index is 1.41. The zero-order valence-corrected chi connectivity index (χ0v) is 22.6. The number of hydrogen-bond donors (Lipinski definition) is 2. The smallest absolute Gasteiger partial charge is 0.338 e. The Morgan fingerprint density at radius 1 is 1.05 bits per heavy atom. The lowest BCUT2D eigenvalue weighted by Crippen LogP contribution is -2.52. The maximum absolute atomic E-state index is 13.7. The van der Waals surface area contributed by atoms with Crippen molar-refractivity contribution < 1.29 is 29.0 Å². The van der Waals surface area contributed by atoms with Crippen LogP contribution in [-0.2, 0) is 32.0 Å². The van der Waals surface area contributed by atoms with E-state index in [1.807, 2.05) is 30.3 Å². The van der Waals surface area contributed by atoms with Crippen LogP contribution in [0.1, 0.15) is 79.8 Å². The van der Waals surface area contributed by atoms with Gasteiger partial charge in [-0.3, -0.25) is 19.3 Å². The van der Waals surface area contributed by atoms with Gasteiger partial charge in [0.2, 0.25) is 11.8 Å². The number of para-hydroxylation sites is 1. The minimum absolute atomic E-state index is 0.105. The van der Waals surface area contributed by atoms with Crippen LogP contribution in [0.15, 0.2) is 48.5 Å². The fraction of sp³-hybridized carbons (Fsp3) is 0.484. The number of nitrogens with zero attached hydrogens (tertiary/aromatic N) is 1. The molecule has 208 valence electrons. The van der Waals surface area contributed by atoms with Crippen molar-refractivity contribution in [3.05, 3.63) is 65.2 Å². The van der Waals surface area contributed by atoms with Gasteiger partial charge in [-0.25, -0.2) is 4.79 Å². The number of hydrogen-bond acceptors (Lipinski definition) is 5. The summed E-state index contributed by atoms with van der Waals surface area (Å²) in [6.45, 7) is 1.67. The van der Waals surface area contributed by atoms with Gasteiger partial charge < -0.3 is 15.2 Å². The van der Waals surface area contributed by atoms with Crippen LogP contribution in [0.5, 0.6) is 0 Å². The van der Waals surface area contributed by atoms with Crippen LogP contribution >= 0.6 is 0 Å². The first-order valence-corrected chi connectivity index (χ1v) is 14.0. The number of carbonyl (C=O) groups excluding carboxylic acids is 3. The average Bonchev–Trinajstić information content (AvgIpc) is 3.38. The average molecular weight is 535 g/mol. The number of carbonyl (C=O) groups is 4. The Hall–Kier alpha value is -3.68. The van der Waals surface area contributed by atoms with Crippen molar-refractivity contribution in [1.82, 2.24) is 5.32 Å².